The Hall–Kier alpha value is -1.56. The van der Waals surface area contributed by atoms with Gasteiger partial charge >= 0.3 is 0 Å². The van der Waals surface area contributed by atoms with Crippen molar-refractivity contribution in [2.24, 2.45) is 0 Å². The van der Waals surface area contributed by atoms with Gasteiger partial charge in [0.1, 0.15) is 0 Å². The molecule has 0 fully saturated rings. The quantitative estimate of drug-likeness (QED) is 0.631. The highest BCUT2D eigenvalue weighted by Gasteiger charge is 2.05. The van der Waals surface area contributed by atoms with Crippen molar-refractivity contribution in [2.45, 2.75) is 34.1 Å². The molecule has 1 aliphatic rings. The van der Waals surface area contributed by atoms with Crippen LogP contribution in [0.25, 0.3) is 5.57 Å². The van der Waals surface area contributed by atoms with Gasteiger partial charge in [-0.15, -0.1) is 0 Å². The molecule has 0 atom stereocenters. The molecule has 0 spiro atoms. The Morgan fingerprint density at radius 2 is 1.59 bits per heavy atom. The molecule has 0 radical (unpaired) electrons. The molecule has 0 heterocycles. The molecule has 0 amide bonds. The molecule has 2 rings (SSSR count). The predicted molar refractivity (Wildman–Crippen MR) is 76.0 cm³/mol. The van der Waals surface area contributed by atoms with E-state index in [9.17, 15) is 0 Å². The average molecular weight is 224 g/mol. The van der Waals surface area contributed by atoms with Crippen LogP contribution in [0.2, 0.25) is 0 Å². The van der Waals surface area contributed by atoms with E-state index in [0.717, 1.165) is 6.42 Å². The normalized spacial score (nSPS) is 15.9. The fourth-order valence-electron chi connectivity index (χ4n) is 2.00. The van der Waals surface area contributed by atoms with Gasteiger partial charge in [-0.3, -0.25) is 0 Å². The molecule has 0 aliphatic heterocycles. The van der Waals surface area contributed by atoms with Crippen molar-refractivity contribution in [1.29, 1.82) is 0 Å². The molecule has 0 saturated carbocycles. The molecule has 0 heteroatoms. The number of allylic oxidation sites excluding steroid dienone is 6. The van der Waals surface area contributed by atoms with Crippen molar-refractivity contribution < 1.29 is 0 Å². The van der Waals surface area contributed by atoms with Crippen molar-refractivity contribution in [3.63, 3.8) is 0 Å². The highest BCUT2D eigenvalue weighted by Crippen LogP contribution is 2.26. The minimum atomic E-state index is 1.03. The van der Waals surface area contributed by atoms with E-state index in [-0.39, 0.29) is 0 Å². The van der Waals surface area contributed by atoms with E-state index in [0.29, 0.717) is 0 Å². The third-order valence-electron chi connectivity index (χ3n) is 3.66. The van der Waals surface area contributed by atoms with E-state index in [1.54, 1.807) is 0 Å². The maximum atomic E-state index is 2.32. The van der Waals surface area contributed by atoms with Gasteiger partial charge in [0, 0.05) is 0 Å². The summed E-state index contributed by atoms with van der Waals surface area (Å²) in [4.78, 5) is 0. The van der Waals surface area contributed by atoms with Gasteiger partial charge in [-0.05, 0) is 62.0 Å². The lowest BCUT2D eigenvalue weighted by atomic mass is 9.98. The van der Waals surface area contributed by atoms with Crippen molar-refractivity contribution in [1.82, 2.24) is 0 Å². The lowest BCUT2D eigenvalue weighted by Gasteiger charge is -2.07. The minimum absolute atomic E-state index is 1.03. The molecule has 0 saturated heterocycles. The number of rotatable bonds is 1. The Labute approximate surface area is 104 Å². The van der Waals surface area contributed by atoms with Gasteiger partial charge in [0.15, 0.2) is 0 Å². The zero-order valence-corrected chi connectivity index (χ0v) is 11.2. The standard InChI is InChI=1S/C17H20/c1-12-5-8-16(9-6-13(12)2)17-10-7-14(3)15(4)11-17/h5-8,10-11H,9H2,1-4H3. The zero-order valence-electron chi connectivity index (χ0n) is 11.2. The summed E-state index contributed by atoms with van der Waals surface area (Å²) in [6, 6.07) is 6.73. The van der Waals surface area contributed by atoms with Gasteiger partial charge in [-0.1, -0.05) is 42.0 Å². The van der Waals surface area contributed by atoms with E-state index in [1.165, 1.54) is 33.4 Å². The Kier molecular flexibility index (Phi) is 3.33. The topological polar surface area (TPSA) is 0 Å². The maximum Gasteiger partial charge on any atom is -0.00857 e. The van der Waals surface area contributed by atoms with Gasteiger partial charge in [0.2, 0.25) is 0 Å². The first-order valence-corrected chi connectivity index (χ1v) is 6.20. The first-order chi connectivity index (χ1) is 8.08. The molecule has 0 N–H and O–H groups in total. The summed E-state index contributed by atoms with van der Waals surface area (Å²) in [5.41, 5.74) is 8.24. The second-order valence-corrected chi connectivity index (χ2v) is 4.93. The van der Waals surface area contributed by atoms with E-state index in [1.807, 2.05) is 0 Å². The summed E-state index contributed by atoms with van der Waals surface area (Å²) in [5, 5.41) is 0. The van der Waals surface area contributed by atoms with Gasteiger partial charge < -0.3 is 0 Å². The lowest BCUT2D eigenvalue weighted by molar-refractivity contribution is 1.28. The Morgan fingerprint density at radius 3 is 2.29 bits per heavy atom. The summed E-state index contributed by atoms with van der Waals surface area (Å²) < 4.78 is 0. The maximum absolute atomic E-state index is 2.32. The first-order valence-electron chi connectivity index (χ1n) is 6.20. The van der Waals surface area contributed by atoms with Gasteiger partial charge in [-0.25, -0.2) is 0 Å². The molecule has 88 valence electrons. The fourth-order valence-corrected chi connectivity index (χ4v) is 2.00. The third-order valence-corrected chi connectivity index (χ3v) is 3.66. The largest absolute Gasteiger partial charge is 0.0769 e. The fraction of sp³-hybridized carbons (Fsp3) is 0.294. The highest BCUT2D eigenvalue weighted by molar-refractivity contribution is 5.70. The van der Waals surface area contributed by atoms with E-state index in [2.05, 4.69) is 64.1 Å². The molecular formula is C17H20. The summed E-state index contributed by atoms with van der Waals surface area (Å²) in [6.07, 6.45) is 7.83. The minimum Gasteiger partial charge on any atom is -0.0769 e. The number of hydrogen-bond acceptors (Lipinski definition) is 0. The molecule has 0 nitrogen and oxygen atoms in total. The zero-order chi connectivity index (χ0) is 12.4. The van der Waals surface area contributed by atoms with Crippen molar-refractivity contribution in [3.8, 4) is 0 Å². The summed E-state index contributed by atoms with van der Waals surface area (Å²) >= 11 is 0. The monoisotopic (exact) mass is 224 g/mol. The number of benzene rings is 1. The highest BCUT2D eigenvalue weighted by atomic mass is 14.1. The van der Waals surface area contributed by atoms with Crippen molar-refractivity contribution >= 4 is 5.57 Å². The van der Waals surface area contributed by atoms with Crippen LogP contribution in [0.3, 0.4) is 0 Å². The van der Waals surface area contributed by atoms with Crippen LogP contribution in [0.5, 0.6) is 0 Å². The Balaban J connectivity index is 2.38. The first kappa shape index (κ1) is 11.9. The predicted octanol–water partition coefficient (Wildman–Crippen LogP) is 4.98. The van der Waals surface area contributed by atoms with Crippen LogP contribution in [-0.2, 0) is 0 Å². The average Bonchev–Trinajstić information content (AvgIpc) is 2.47. The molecule has 1 aliphatic carbocycles. The van der Waals surface area contributed by atoms with Gasteiger partial charge in [-0.2, -0.15) is 0 Å². The second kappa shape index (κ2) is 4.75. The van der Waals surface area contributed by atoms with E-state index in [4.69, 9.17) is 0 Å². The third kappa shape index (κ3) is 2.58. The molecular weight excluding hydrogens is 204 g/mol. The second-order valence-electron chi connectivity index (χ2n) is 4.93. The van der Waals surface area contributed by atoms with Gasteiger partial charge in [0.25, 0.3) is 0 Å². The van der Waals surface area contributed by atoms with E-state index < -0.39 is 0 Å². The summed E-state index contributed by atoms with van der Waals surface area (Å²) in [5.74, 6) is 0. The molecule has 0 bridgehead atoms. The van der Waals surface area contributed by atoms with Crippen LogP contribution >= 0.6 is 0 Å². The lowest BCUT2D eigenvalue weighted by Crippen LogP contribution is -1.87. The van der Waals surface area contributed by atoms with Crippen LogP contribution in [0.4, 0.5) is 0 Å². The van der Waals surface area contributed by atoms with Gasteiger partial charge in [0.05, 0.1) is 0 Å². The van der Waals surface area contributed by atoms with Crippen LogP contribution < -0.4 is 0 Å². The Morgan fingerprint density at radius 1 is 0.824 bits per heavy atom. The molecule has 17 heavy (non-hydrogen) atoms. The number of hydrogen-bond donors (Lipinski definition) is 0. The SMILES string of the molecule is CC1=CC=C(c2ccc(C)c(C)c2)CC=C1C. The smallest absolute Gasteiger partial charge is 0.00857 e. The van der Waals surface area contributed by atoms with Crippen LogP contribution in [0.15, 0.2) is 47.6 Å². The van der Waals surface area contributed by atoms with Crippen LogP contribution in [0.1, 0.15) is 37.0 Å². The van der Waals surface area contributed by atoms with Crippen LogP contribution in [0, 0.1) is 13.8 Å². The summed E-state index contributed by atoms with van der Waals surface area (Å²) in [7, 11) is 0. The number of aryl methyl sites for hydroxylation is 2. The van der Waals surface area contributed by atoms with Crippen LogP contribution in [-0.4, -0.2) is 0 Å². The van der Waals surface area contributed by atoms with Crippen molar-refractivity contribution in [3.05, 3.63) is 64.3 Å². The molecule has 1 aromatic rings. The Bertz CT molecular complexity index is 525. The molecule has 0 aromatic heterocycles. The van der Waals surface area contributed by atoms with Crippen molar-refractivity contribution in [2.75, 3.05) is 0 Å². The molecule has 0 unspecified atom stereocenters. The molecule has 1 aromatic carbocycles. The van der Waals surface area contributed by atoms with E-state index >= 15 is 0 Å². The summed E-state index contributed by atoms with van der Waals surface area (Å²) in [6.45, 7) is 8.70.